The van der Waals surface area contributed by atoms with Gasteiger partial charge in [-0.2, -0.15) is 0 Å². The molecule has 1 aliphatic heterocycles. The summed E-state index contributed by atoms with van der Waals surface area (Å²) in [5, 5.41) is 5.98. The highest BCUT2D eigenvalue weighted by molar-refractivity contribution is 7.13. The predicted octanol–water partition coefficient (Wildman–Crippen LogP) is 1.80. The molecule has 0 aromatic carbocycles. The standard InChI is InChI=1S/C12H17N3OS/c1-2-4-11(16)14-9-10-5-3-7-15(10)12-13-6-8-17-12/h2,4,6,8,10H,3,5,7,9H2,1H3,(H,14,16)/b4-2+. The van der Waals surface area contributed by atoms with E-state index in [-0.39, 0.29) is 5.91 Å². The lowest BCUT2D eigenvalue weighted by atomic mass is 10.2. The molecule has 1 saturated heterocycles. The highest BCUT2D eigenvalue weighted by Crippen LogP contribution is 2.26. The maximum atomic E-state index is 11.4. The molecule has 2 heterocycles. The van der Waals surface area contributed by atoms with Crippen molar-refractivity contribution in [2.75, 3.05) is 18.0 Å². The zero-order chi connectivity index (χ0) is 12.1. The Hall–Kier alpha value is -1.36. The van der Waals surface area contributed by atoms with Crippen molar-refractivity contribution in [3.63, 3.8) is 0 Å². The van der Waals surface area contributed by atoms with Crippen molar-refractivity contribution in [3.8, 4) is 0 Å². The van der Waals surface area contributed by atoms with E-state index < -0.39 is 0 Å². The van der Waals surface area contributed by atoms with Gasteiger partial charge in [0, 0.05) is 30.7 Å². The van der Waals surface area contributed by atoms with E-state index >= 15 is 0 Å². The lowest BCUT2D eigenvalue weighted by Gasteiger charge is -2.23. The van der Waals surface area contributed by atoms with Gasteiger partial charge >= 0.3 is 0 Å². The first-order valence-electron chi connectivity index (χ1n) is 5.88. The number of hydrogen-bond acceptors (Lipinski definition) is 4. The molecule has 4 nitrogen and oxygen atoms in total. The first-order chi connectivity index (χ1) is 8.31. The molecule has 1 aromatic rings. The van der Waals surface area contributed by atoms with Crippen LogP contribution in [0.3, 0.4) is 0 Å². The first kappa shape index (κ1) is 12.1. The van der Waals surface area contributed by atoms with Gasteiger partial charge in [0.25, 0.3) is 0 Å². The van der Waals surface area contributed by atoms with E-state index in [0.29, 0.717) is 12.6 Å². The van der Waals surface area contributed by atoms with Gasteiger partial charge in [0.15, 0.2) is 5.13 Å². The van der Waals surface area contributed by atoms with Gasteiger partial charge in [-0.25, -0.2) is 4.98 Å². The number of carbonyl (C=O) groups excluding carboxylic acids is 1. The SMILES string of the molecule is C/C=C/C(=O)NCC1CCCN1c1nccs1. The average Bonchev–Trinajstić information content (AvgIpc) is 2.97. The van der Waals surface area contributed by atoms with Crippen LogP contribution in [-0.4, -0.2) is 30.0 Å². The Kier molecular flexibility index (Phi) is 4.14. The molecule has 92 valence electrons. The quantitative estimate of drug-likeness (QED) is 0.830. The molecule has 0 bridgehead atoms. The van der Waals surface area contributed by atoms with Gasteiger partial charge in [-0.05, 0) is 25.8 Å². The Bertz CT molecular complexity index is 388. The fourth-order valence-corrected chi connectivity index (χ4v) is 2.83. The zero-order valence-corrected chi connectivity index (χ0v) is 10.7. The minimum Gasteiger partial charge on any atom is -0.350 e. The summed E-state index contributed by atoms with van der Waals surface area (Å²) >= 11 is 1.66. The number of nitrogens with zero attached hydrogens (tertiary/aromatic N) is 2. The van der Waals surface area contributed by atoms with Crippen LogP contribution in [0.2, 0.25) is 0 Å². The van der Waals surface area contributed by atoms with E-state index in [4.69, 9.17) is 0 Å². The molecule has 17 heavy (non-hydrogen) atoms. The van der Waals surface area contributed by atoms with Crippen LogP contribution in [0.4, 0.5) is 5.13 Å². The molecule has 0 aliphatic carbocycles. The van der Waals surface area contributed by atoms with Crippen LogP contribution in [0.15, 0.2) is 23.7 Å². The summed E-state index contributed by atoms with van der Waals surface area (Å²) in [4.78, 5) is 18.0. The maximum Gasteiger partial charge on any atom is 0.243 e. The molecule has 1 aliphatic rings. The Labute approximate surface area is 105 Å². The summed E-state index contributed by atoms with van der Waals surface area (Å²) in [7, 11) is 0. The molecule has 0 saturated carbocycles. The third-order valence-corrected chi connectivity index (χ3v) is 3.68. The van der Waals surface area contributed by atoms with Crippen LogP contribution in [0, 0.1) is 0 Å². The number of rotatable bonds is 4. The molecular formula is C12H17N3OS. The van der Waals surface area contributed by atoms with Crippen LogP contribution in [0.25, 0.3) is 0 Å². The molecule has 0 radical (unpaired) electrons. The summed E-state index contributed by atoms with van der Waals surface area (Å²) < 4.78 is 0. The molecule has 1 N–H and O–H groups in total. The van der Waals surface area contributed by atoms with Crippen LogP contribution < -0.4 is 10.2 Å². The zero-order valence-electron chi connectivity index (χ0n) is 9.93. The van der Waals surface area contributed by atoms with Gasteiger partial charge in [-0.15, -0.1) is 11.3 Å². The lowest BCUT2D eigenvalue weighted by molar-refractivity contribution is -0.116. The second-order valence-electron chi connectivity index (χ2n) is 4.05. The monoisotopic (exact) mass is 251 g/mol. The van der Waals surface area contributed by atoms with Gasteiger partial charge in [0.1, 0.15) is 0 Å². The molecule has 1 fully saturated rings. The van der Waals surface area contributed by atoms with Crippen LogP contribution in [0.1, 0.15) is 19.8 Å². The van der Waals surface area contributed by atoms with E-state index in [1.54, 1.807) is 23.5 Å². The molecule has 1 amide bonds. The fraction of sp³-hybridized carbons (Fsp3) is 0.500. The van der Waals surface area contributed by atoms with Crippen molar-refractivity contribution in [2.24, 2.45) is 0 Å². The highest BCUT2D eigenvalue weighted by Gasteiger charge is 2.26. The molecular weight excluding hydrogens is 234 g/mol. The van der Waals surface area contributed by atoms with Gasteiger partial charge in [-0.3, -0.25) is 4.79 Å². The predicted molar refractivity (Wildman–Crippen MR) is 70.3 cm³/mol. The summed E-state index contributed by atoms with van der Waals surface area (Å²) in [5.74, 6) is -0.0153. The normalized spacial score (nSPS) is 20.1. The third kappa shape index (κ3) is 3.06. The summed E-state index contributed by atoms with van der Waals surface area (Å²) in [5.41, 5.74) is 0. The Balaban J connectivity index is 1.90. The number of carbonyl (C=O) groups is 1. The van der Waals surface area contributed by atoms with E-state index in [1.165, 1.54) is 6.42 Å². The van der Waals surface area contributed by atoms with E-state index in [9.17, 15) is 4.79 Å². The van der Waals surface area contributed by atoms with Gasteiger partial charge in [0.05, 0.1) is 0 Å². The van der Waals surface area contributed by atoms with Crippen molar-refractivity contribution >= 4 is 22.4 Å². The maximum absolute atomic E-state index is 11.4. The Morgan fingerprint density at radius 3 is 3.35 bits per heavy atom. The Morgan fingerprint density at radius 1 is 1.76 bits per heavy atom. The number of anilines is 1. The van der Waals surface area contributed by atoms with E-state index in [2.05, 4.69) is 15.2 Å². The number of amides is 1. The highest BCUT2D eigenvalue weighted by atomic mass is 32.1. The van der Waals surface area contributed by atoms with Crippen LogP contribution in [0.5, 0.6) is 0 Å². The summed E-state index contributed by atoms with van der Waals surface area (Å²) in [6, 6.07) is 0.385. The number of aromatic nitrogens is 1. The van der Waals surface area contributed by atoms with Crippen molar-refractivity contribution in [1.29, 1.82) is 0 Å². The Morgan fingerprint density at radius 2 is 2.65 bits per heavy atom. The second-order valence-corrected chi connectivity index (χ2v) is 4.92. The lowest BCUT2D eigenvalue weighted by Crippen LogP contribution is -2.39. The van der Waals surface area contributed by atoms with Crippen molar-refractivity contribution < 1.29 is 4.79 Å². The van der Waals surface area contributed by atoms with Crippen molar-refractivity contribution in [1.82, 2.24) is 10.3 Å². The smallest absolute Gasteiger partial charge is 0.243 e. The van der Waals surface area contributed by atoms with Crippen LogP contribution in [-0.2, 0) is 4.79 Å². The van der Waals surface area contributed by atoms with Crippen LogP contribution >= 0.6 is 11.3 Å². The fourth-order valence-electron chi connectivity index (χ4n) is 2.09. The minimum absolute atomic E-state index is 0.0153. The number of hydrogen-bond donors (Lipinski definition) is 1. The number of nitrogens with one attached hydrogen (secondary N) is 1. The minimum atomic E-state index is -0.0153. The van der Waals surface area contributed by atoms with E-state index in [0.717, 1.165) is 18.1 Å². The molecule has 1 aromatic heterocycles. The molecule has 2 rings (SSSR count). The summed E-state index contributed by atoms with van der Waals surface area (Å²) in [6.45, 7) is 3.58. The van der Waals surface area contributed by atoms with Gasteiger partial charge in [0.2, 0.25) is 5.91 Å². The van der Waals surface area contributed by atoms with Gasteiger partial charge < -0.3 is 10.2 Å². The topological polar surface area (TPSA) is 45.2 Å². The molecule has 5 heteroatoms. The average molecular weight is 251 g/mol. The summed E-state index contributed by atoms with van der Waals surface area (Å²) in [6.07, 6.45) is 7.43. The number of allylic oxidation sites excluding steroid dienone is 1. The third-order valence-electron chi connectivity index (χ3n) is 2.87. The van der Waals surface area contributed by atoms with Gasteiger partial charge in [-0.1, -0.05) is 6.08 Å². The first-order valence-corrected chi connectivity index (χ1v) is 6.76. The van der Waals surface area contributed by atoms with Crippen molar-refractivity contribution in [3.05, 3.63) is 23.7 Å². The molecule has 1 atom stereocenters. The number of thiazole rings is 1. The molecule has 0 spiro atoms. The second kappa shape index (κ2) is 5.82. The molecule has 1 unspecified atom stereocenters. The largest absolute Gasteiger partial charge is 0.350 e. The van der Waals surface area contributed by atoms with Crippen molar-refractivity contribution in [2.45, 2.75) is 25.8 Å². The van der Waals surface area contributed by atoms with E-state index in [1.807, 2.05) is 18.5 Å².